The number of rotatable bonds is 6. The number of carbonyl (C=O) groups excluding carboxylic acids is 2. The zero-order chi connectivity index (χ0) is 16.8. The first-order valence-electron chi connectivity index (χ1n) is 7.66. The lowest BCUT2D eigenvalue weighted by atomic mass is 10.1. The van der Waals surface area contributed by atoms with Gasteiger partial charge in [0.2, 0.25) is 5.91 Å². The molecule has 0 radical (unpaired) electrons. The molecule has 1 aliphatic heterocycles. The van der Waals surface area contributed by atoms with Crippen molar-refractivity contribution in [2.24, 2.45) is 5.73 Å². The molecule has 0 saturated carbocycles. The first kappa shape index (κ1) is 17.7. The molecule has 1 aromatic carbocycles. The second kappa shape index (κ2) is 8.29. The van der Waals surface area contributed by atoms with Crippen molar-refractivity contribution in [2.45, 2.75) is 25.4 Å². The molecule has 2 amide bonds. The first-order valence-corrected chi connectivity index (χ1v) is 8.04. The van der Waals surface area contributed by atoms with Crippen LogP contribution in [-0.2, 0) is 9.53 Å². The Morgan fingerprint density at radius 3 is 2.70 bits per heavy atom. The van der Waals surface area contributed by atoms with E-state index in [1.54, 1.807) is 23.1 Å². The van der Waals surface area contributed by atoms with Crippen molar-refractivity contribution in [3.63, 3.8) is 0 Å². The summed E-state index contributed by atoms with van der Waals surface area (Å²) < 4.78 is 5.10. The molecular weight excluding hydrogens is 318 g/mol. The van der Waals surface area contributed by atoms with Gasteiger partial charge < -0.3 is 20.7 Å². The Balaban J connectivity index is 2.14. The number of hydrogen-bond donors (Lipinski definition) is 2. The van der Waals surface area contributed by atoms with E-state index in [4.69, 9.17) is 22.1 Å². The quantitative estimate of drug-likeness (QED) is 0.828. The van der Waals surface area contributed by atoms with Gasteiger partial charge in [0.05, 0.1) is 23.8 Å². The topological polar surface area (TPSA) is 84.7 Å². The van der Waals surface area contributed by atoms with Crippen LogP contribution in [0.3, 0.4) is 0 Å². The average molecular weight is 340 g/mol. The normalized spacial score (nSPS) is 15.5. The number of anilines is 1. The number of nitrogens with two attached hydrogens (primary N) is 1. The fourth-order valence-corrected chi connectivity index (χ4v) is 2.74. The van der Waals surface area contributed by atoms with Crippen molar-refractivity contribution in [1.82, 2.24) is 4.90 Å². The third-order valence-corrected chi connectivity index (χ3v) is 4.12. The molecule has 0 spiro atoms. The minimum Gasteiger partial charge on any atom is -0.380 e. The highest BCUT2D eigenvalue weighted by molar-refractivity contribution is 6.31. The summed E-state index contributed by atoms with van der Waals surface area (Å²) in [6.45, 7) is 1.72. The van der Waals surface area contributed by atoms with Crippen LogP contribution in [-0.4, -0.2) is 49.6 Å². The molecule has 1 saturated heterocycles. The average Bonchev–Trinajstić information content (AvgIpc) is 3.08. The van der Waals surface area contributed by atoms with Gasteiger partial charge in [0.1, 0.15) is 0 Å². The summed E-state index contributed by atoms with van der Waals surface area (Å²) in [4.78, 5) is 26.5. The molecule has 1 heterocycles. The summed E-state index contributed by atoms with van der Waals surface area (Å²) in [5, 5.41) is 3.22. The van der Waals surface area contributed by atoms with Gasteiger partial charge in [0.25, 0.3) is 5.91 Å². The van der Waals surface area contributed by atoms with Crippen LogP contribution in [0.2, 0.25) is 5.02 Å². The minimum atomic E-state index is -0.347. The maximum absolute atomic E-state index is 12.6. The van der Waals surface area contributed by atoms with E-state index in [1.807, 2.05) is 0 Å². The zero-order valence-electron chi connectivity index (χ0n) is 13.2. The maximum Gasteiger partial charge on any atom is 0.256 e. The predicted molar refractivity (Wildman–Crippen MR) is 89.7 cm³/mol. The van der Waals surface area contributed by atoms with Gasteiger partial charge in [0, 0.05) is 31.8 Å². The van der Waals surface area contributed by atoms with E-state index >= 15 is 0 Å². The van der Waals surface area contributed by atoms with Crippen LogP contribution in [0.5, 0.6) is 0 Å². The first-order chi connectivity index (χ1) is 11.0. The van der Waals surface area contributed by atoms with Crippen molar-refractivity contribution in [3.8, 4) is 0 Å². The number of methoxy groups -OCH3 is 1. The number of hydrogen-bond acceptors (Lipinski definition) is 4. The lowest BCUT2D eigenvalue weighted by molar-refractivity contribution is -0.118. The number of nitrogens with one attached hydrogen (secondary N) is 1. The van der Waals surface area contributed by atoms with E-state index < -0.39 is 0 Å². The van der Waals surface area contributed by atoms with E-state index in [0.717, 1.165) is 25.9 Å². The highest BCUT2D eigenvalue weighted by Crippen LogP contribution is 2.24. The fourth-order valence-electron chi connectivity index (χ4n) is 2.56. The molecule has 1 aliphatic rings. The van der Waals surface area contributed by atoms with Crippen molar-refractivity contribution < 1.29 is 14.3 Å². The number of halogens is 1. The van der Waals surface area contributed by atoms with Crippen LogP contribution >= 0.6 is 11.6 Å². The largest absolute Gasteiger partial charge is 0.380 e. The highest BCUT2D eigenvalue weighted by Gasteiger charge is 2.23. The van der Waals surface area contributed by atoms with Crippen LogP contribution in [0, 0.1) is 0 Å². The molecule has 7 heteroatoms. The molecule has 0 aromatic heterocycles. The predicted octanol–water partition coefficient (Wildman–Crippen LogP) is 1.88. The highest BCUT2D eigenvalue weighted by atomic mass is 35.5. The zero-order valence-corrected chi connectivity index (χ0v) is 13.9. The van der Waals surface area contributed by atoms with Crippen LogP contribution in [0.4, 0.5) is 5.69 Å². The molecule has 1 unspecified atom stereocenters. The Kier molecular flexibility index (Phi) is 6.38. The number of nitrogens with zero attached hydrogens (tertiary/aromatic N) is 1. The van der Waals surface area contributed by atoms with Gasteiger partial charge in [-0.2, -0.15) is 0 Å². The lowest BCUT2D eigenvalue weighted by Gasteiger charge is -2.19. The van der Waals surface area contributed by atoms with E-state index in [9.17, 15) is 9.59 Å². The third-order valence-electron chi connectivity index (χ3n) is 3.89. The molecule has 126 valence electrons. The van der Waals surface area contributed by atoms with Gasteiger partial charge in [0.15, 0.2) is 0 Å². The molecule has 1 atom stereocenters. The lowest BCUT2D eigenvalue weighted by Crippen LogP contribution is -2.30. The molecule has 0 aliphatic carbocycles. The summed E-state index contributed by atoms with van der Waals surface area (Å²) in [6.07, 6.45) is 1.78. The summed E-state index contributed by atoms with van der Waals surface area (Å²) >= 11 is 6.01. The van der Waals surface area contributed by atoms with Gasteiger partial charge >= 0.3 is 0 Å². The Labute approximate surface area is 140 Å². The van der Waals surface area contributed by atoms with Crippen molar-refractivity contribution in [1.29, 1.82) is 0 Å². The monoisotopic (exact) mass is 339 g/mol. The molecule has 1 aromatic rings. The van der Waals surface area contributed by atoms with Crippen molar-refractivity contribution in [2.75, 3.05) is 32.1 Å². The molecule has 2 rings (SSSR count). The second-order valence-electron chi connectivity index (χ2n) is 5.53. The van der Waals surface area contributed by atoms with Crippen LogP contribution in [0.15, 0.2) is 18.2 Å². The molecular formula is C16H22ClN3O3. The SMILES string of the molecule is COC(CN)CC(=O)Nc1ccc(Cl)cc1C(=O)N1CCCC1. The molecule has 1 fully saturated rings. The molecule has 23 heavy (non-hydrogen) atoms. The second-order valence-corrected chi connectivity index (χ2v) is 5.97. The van der Waals surface area contributed by atoms with Gasteiger partial charge in [-0.3, -0.25) is 9.59 Å². The van der Waals surface area contributed by atoms with Gasteiger partial charge in [-0.15, -0.1) is 0 Å². The van der Waals surface area contributed by atoms with Crippen LogP contribution in [0.25, 0.3) is 0 Å². The third kappa shape index (κ3) is 4.67. The number of ether oxygens (including phenoxy) is 1. The molecule has 0 bridgehead atoms. The summed E-state index contributed by atoms with van der Waals surface area (Å²) in [7, 11) is 1.51. The molecule has 6 nitrogen and oxygen atoms in total. The number of amides is 2. The number of carbonyl (C=O) groups is 2. The standard InChI is InChI=1S/C16H22ClN3O3/c1-23-12(10-18)9-15(21)19-14-5-4-11(17)8-13(14)16(22)20-6-2-3-7-20/h4-5,8,12H,2-3,6-7,9-10,18H2,1H3,(H,19,21). The van der Waals surface area contributed by atoms with Crippen molar-refractivity contribution in [3.05, 3.63) is 28.8 Å². The summed E-state index contributed by atoms with van der Waals surface area (Å²) in [6, 6.07) is 4.89. The van der Waals surface area contributed by atoms with E-state index in [-0.39, 0.29) is 30.9 Å². The Morgan fingerprint density at radius 1 is 1.39 bits per heavy atom. The number of likely N-dealkylation sites (tertiary alicyclic amines) is 1. The van der Waals surface area contributed by atoms with Gasteiger partial charge in [-0.1, -0.05) is 11.6 Å². The Morgan fingerprint density at radius 2 is 2.09 bits per heavy atom. The Hall–Kier alpha value is -1.63. The van der Waals surface area contributed by atoms with Crippen LogP contribution in [0.1, 0.15) is 29.6 Å². The summed E-state index contributed by atoms with van der Waals surface area (Å²) in [5.74, 6) is -0.359. The van der Waals surface area contributed by atoms with Crippen molar-refractivity contribution >= 4 is 29.1 Å². The van der Waals surface area contributed by atoms with E-state index in [1.165, 1.54) is 7.11 Å². The van der Waals surface area contributed by atoms with E-state index in [0.29, 0.717) is 16.3 Å². The number of benzene rings is 1. The maximum atomic E-state index is 12.6. The van der Waals surface area contributed by atoms with E-state index in [2.05, 4.69) is 5.32 Å². The van der Waals surface area contributed by atoms with Gasteiger partial charge in [-0.05, 0) is 31.0 Å². The smallest absolute Gasteiger partial charge is 0.256 e. The van der Waals surface area contributed by atoms with Gasteiger partial charge in [-0.25, -0.2) is 0 Å². The minimum absolute atomic E-state index is 0.109. The summed E-state index contributed by atoms with van der Waals surface area (Å²) in [5.41, 5.74) is 6.40. The fraction of sp³-hybridized carbons (Fsp3) is 0.500. The van der Waals surface area contributed by atoms with Crippen LogP contribution < -0.4 is 11.1 Å². The Bertz CT molecular complexity index is 570. The molecule has 3 N–H and O–H groups in total.